The van der Waals surface area contributed by atoms with Crippen LogP contribution in [0.5, 0.6) is 0 Å². The lowest BCUT2D eigenvalue weighted by molar-refractivity contribution is 0.0969. The van der Waals surface area contributed by atoms with Crippen molar-refractivity contribution in [2.75, 3.05) is 19.6 Å². The number of hydrogen-bond donors (Lipinski definition) is 1. The van der Waals surface area contributed by atoms with Crippen molar-refractivity contribution in [3.05, 3.63) is 0 Å². The standard InChI is InChI=1S/C17H34N2/c1-16(2,3)14-7-10-19(11-8-14)12-13-6-9-17(4,5)15(13)18/h13-15H,6-12,18H2,1-5H3. The molecule has 1 saturated carbocycles. The molecule has 1 aliphatic heterocycles. The summed E-state index contributed by atoms with van der Waals surface area (Å²) < 4.78 is 0. The van der Waals surface area contributed by atoms with Gasteiger partial charge in [-0.15, -0.1) is 0 Å². The van der Waals surface area contributed by atoms with Gasteiger partial charge in [0.05, 0.1) is 0 Å². The molecule has 0 amide bonds. The van der Waals surface area contributed by atoms with Crippen LogP contribution in [0.4, 0.5) is 0 Å². The van der Waals surface area contributed by atoms with Crippen LogP contribution in [0.2, 0.25) is 0 Å². The van der Waals surface area contributed by atoms with Gasteiger partial charge in [-0.1, -0.05) is 34.6 Å². The highest BCUT2D eigenvalue weighted by molar-refractivity contribution is 4.95. The van der Waals surface area contributed by atoms with Crippen molar-refractivity contribution in [1.29, 1.82) is 0 Å². The molecule has 2 fully saturated rings. The van der Waals surface area contributed by atoms with Gasteiger partial charge in [-0.05, 0) is 61.4 Å². The molecule has 1 saturated heterocycles. The molecule has 112 valence electrons. The lowest BCUT2D eigenvalue weighted by atomic mass is 9.75. The highest BCUT2D eigenvalue weighted by atomic mass is 15.1. The topological polar surface area (TPSA) is 29.3 Å². The molecule has 2 unspecified atom stereocenters. The van der Waals surface area contributed by atoms with Crippen LogP contribution in [0.15, 0.2) is 0 Å². The van der Waals surface area contributed by atoms with Gasteiger partial charge in [0.2, 0.25) is 0 Å². The van der Waals surface area contributed by atoms with E-state index in [-0.39, 0.29) is 0 Å². The Morgan fingerprint density at radius 3 is 2.11 bits per heavy atom. The number of nitrogens with two attached hydrogens (primary N) is 1. The Kier molecular flexibility index (Phi) is 4.32. The predicted molar refractivity (Wildman–Crippen MR) is 83.1 cm³/mol. The molecular formula is C17H34N2. The molecular weight excluding hydrogens is 232 g/mol. The van der Waals surface area contributed by atoms with Crippen molar-refractivity contribution in [2.45, 2.75) is 66.3 Å². The molecule has 2 heteroatoms. The Balaban J connectivity index is 1.81. The maximum Gasteiger partial charge on any atom is 0.0131 e. The van der Waals surface area contributed by atoms with E-state index in [0.717, 1.165) is 11.8 Å². The van der Waals surface area contributed by atoms with Crippen LogP contribution in [0.1, 0.15) is 60.3 Å². The molecule has 0 bridgehead atoms. The molecule has 19 heavy (non-hydrogen) atoms. The summed E-state index contributed by atoms with van der Waals surface area (Å²) in [5.74, 6) is 1.62. The maximum absolute atomic E-state index is 6.44. The predicted octanol–water partition coefficient (Wildman–Crippen LogP) is 3.51. The van der Waals surface area contributed by atoms with Gasteiger partial charge in [0.1, 0.15) is 0 Å². The average molecular weight is 266 g/mol. The van der Waals surface area contributed by atoms with E-state index in [1.54, 1.807) is 0 Å². The van der Waals surface area contributed by atoms with Crippen molar-refractivity contribution < 1.29 is 0 Å². The minimum absolute atomic E-state index is 0.356. The third kappa shape index (κ3) is 3.52. The second-order valence-corrected chi connectivity index (χ2v) is 8.75. The summed E-state index contributed by atoms with van der Waals surface area (Å²) in [6, 6.07) is 0.396. The maximum atomic E-state index is 6.44. The number of piperidine rings is 1. The molecule has 2 rings (SSSR count). The number of nitrogens with zero attached hydrogens (tertiary/aromatic N) is 1. The lowest BCUT2D eigenvalue weighted by Gasteiger charge is -2.40. The molecule has 2 aliphatic rings. The third-order valence-corrected chi connectivity index (χ3v) is 5.87. The molecule has 2 N–H and O–H groups in total. The van der Waals surface area contributed by atoms with Crippen molar-refractivity contribution in [1.82, 2.24) is 4.90 Å². The van der Waals surface area contributed by atoms with Crippen molar-refractivity contribution in [3.63, 3.8) is 0 Å². The zero-order chi connectivity index (χ0) is 14.3. The SMILES string of the molecule is CC(C)(C)C1CCN(CC2CCC(C)(C)C2N)CC1. The van der Waals surface area contributed by atoms with Gasteiger partial charge in [0.25, 0.3) is 0 Å². The molecule has 1 aliphatic carbocycles. The number of rotatable bonds is 2. The van der Waals surface area contributed by atoms with Gasteiger partial charge < -0.3 is 10.6 Å². The zero-order valence-corrected chi connectivity index (χ0v) is 13.7. The summed E-state index contributed by atoms with van der Waals surface area (Å²) in [5, 5.41) is 0. The molecule has 0 aromatic rings. The Labute approximate surface area is 120 Å². The Hall–Kier alpha value is -0.0800. The quantitative estimate of drug-likeness (QED) is 0.829. The average Bonchev–Trinajstić information content (AvgIpc) is 2.56. The Bertz CT molecular complexity index is 295. The Morgan fingerprint density at radius 1 is 1.11 bits per heavy atom. The molecule has 2 nitrogen and oxygen atoms in total. The fourth-order valence-electron chi connectivity index (χ4n) is 4.06. The van der Waals surface area contributed by atoms with Crippen LogP contribution in [-0.2, 0) is 0 Å². The van der Waals surface area contributed by atoms with E-state index >= 15 is 0 Å². The van der Waals surface area contributed by atoms with Crippen LogP contribution < -0.4 is 5.73 Å². The van der Waals surface area contributed by atoms with Gasteiger partial charge in [0.15, 0.2) is 0 Å². The van der Waals surface area contributed by atoms with Crippen molar-refractivity contribution in [3.8, 4) is 0 Å². The van der Waals surface area contributed by atoms with E-state index < -0.39 is 0 Å². The second-order valence-electron chi connectivity index (χ2n) is 8.75. The van der Waals surface area contributed by atoms with E-state index in [1.807, 2.05) is 0 Å². The fourth-order valence-corrected chi connectivity index (χ4v) is 4.06. The minimum atomic E-state index is 0.356. The second kappa shape index (κ2) is 5.37. The summed E-state index contributed by atoms with van der Waals surface area (Å²) >= 11 is 0. The highest BCUT2D eigenvalue weighted by Crippen LogP contribution is 2.41. The normalized spacial score (nSPS) is 33.8. The first-order valence-electron chi connectivity index (χ1n) is 8.18. The van der Waals surface area contributed by atoms with E-state index in [9.17, 15) is 0 Å². The molecule has 2 atom stereocenters. The van der Waals surface area contributed by atoms with E-state index in [4.69, 9.17) is 5.73 Å². The first-order chi connectivity index (χ1) is 8.70. The first-order valence-corrected chi connectivity index (χ1v) is 8.18. The summed E-state index contributed by atoms with van der Waals surface area (Å²) in [4.78, 5) is 2.67. The van der Waals surface area contributed by atoms with Crippen molar-refractivity contribution in [2.24, 2.45) is 28.4 Å². The van der Waals surface area contributed by atoms with Gasteiger partial charge >= 0.3 is 0 Å². The van der Waals surface area contributed by atoms with Crippen LogP contribution >= 0.6 is 0 Å². The van der Waals surface area contributed by atoms with Gasteiger partial charge in [-0.2, -0.15) is 0 Å². The van der Waals surface area contributed by atoms with Crippen molar-refractivity contribution >= 4 is 0 Å². The van der Waals surface area contributed by atoms with E-state index in [2.05, 4.69) is 39.5 Å². The van der Waals surface area contributed by atoms with Crippen LogP contribution in [0, 0.1) is 22.7 Å². The van der Waals surface area contributed by atoms with Crippen LogP contribution in [0.25, 0.3) is 0 Å². The van der Waals surface area contributed by atoms with Gasteiger partial charge in [-0.25, -0.2) is 0 Å². The van der Waals surface area contributed by atoms with Crippen LogP contribution in [-0.4, -0.2) is 30.6 Å². The summed E-state index contributed by atoms with van der Waals surface area (Å²) in [7, 11) is 0. The first kappa shape index (κ1) is 15.3. The minimum Gasteiger partial charge on any atom is -0.327 e. The summed E-state index contributed by atoms with van der Waals surface area (Å²) in [6.45, 7) is 15.7. The molecule has 0 radical (unpaired) electrons. The summed E-state index contributed by atoms with van der Waals surface area (Å²) in [5.41, 5.74) is 7.28. The van der Waals surface area contributed by atoms with E-state index in [0.29, 0.717) is 16.9 Å². The third-order valence-electron chi connectivity index (χ3n) is 5.87. The number of hydrogen-bond acceptors (Lipinski definition) is 2. The molecule has 0 spiro atoms. The lowest BCUT2D eigenvalue weighted by Crippen LogP contribution is -2.45. The van der Waals surface area contributed by atoms with Gasteiger partial charge in [0, 0.05) is 12.6 Å². The summed E-state index contributed by atoms with van der Waals surface area (Å²) in [6.07, 6.45) is 5.37. The number of likely N-dealkylation sites (tertiary alicyclic amines) is 1. The largest absolute Gasteiger partial charge is 0.327 e. The molecule has 0 aromatic heterocycles. The highest BCUT2D eigenvalue weighted by Gasteiger charge is 2.40. The Morgan fingerprint density at radius 2 is 1.68 bits per heavy atom. The smallest absolute Gasteiger partial charge is 0.0131 e. The molecule has 0 aromatic carbocycles. The van der Waals surface area contributed by atoms with E-state index in [1.165, 1.54) is 45.3 Å². The zero-order valence-electron chi connectivity index (χ0n) is 13.7. The molecule has 1 heterocycles. The van der Waals surface area contributed by atoms with Crippen LogP contribution in [0.3, 0.4) is 0 Å². The monoisotopic (exact) mass is 266 g/mol. The van der Waals surface area contributed by atoms with Gasteiger partial charge in [-0.3, -0.25) is 0 Å². The fraction of sp³-hybridized carbons (Fsp3) is 1.00.